The number of hydrogen-bond acceptors (Lipinski definition) is 3. The lowest BCUT2D eigenvalue weighted by atomic mass is 9.93. The summed E-state index contributed by atoms with van der Waals surface area (Å²) in [5.74, 6) is 0.777. The predicted molar refractivity (Wildman–Crippen MR) is 66.3 cm³/mol. The smallest absolute Gasteiger partial charge is 0.0811 e. The third-order valence-electron chi connectivity index (χ3n) is 3.91. The molecule has 0 aromatic heterocycles. The maximum absolute atomic E-state index is 9.52. The standard InChI is InChI=1S/C13H27NO2/c1-10-5-4-7-13(9-14,8-6-10)16-12(3)11(2)15/h10-12,15H,4-9,14H2,1-3H3. The summed E-state index contributed by atoms with van der Waals surface area (Å²) in [4.78, 5) is 0. The van der Waals surface area contributed by atoms with Gasteiger partial charge >= 0.3 is 0 Å². The molecule has 4 unspecified atom stereocenters. The number of hydrogen-bond donors (Lipinski definition) is 2. The van der Waals surface area contributed by atoms with Crippen molar-refractivity contribution in [3.8, 4) is 0 Å². The highest BCUT2D eigenvalue weighted by molar-refractivity contribution is 4.87. The Morgan fingerprint density at radius 1 is 1.38 bits per heavy atom. The maximum Gasteiger partial charge on any atom is 0.0811 e. The van der Waals surface area contributed by atoms with Crippen LogP contribution in [0.5, 0.6) is 0 Å². The normalized spacial score (nSPS) is 35.4. The Balaban J connectivity index is 2.61. The van der Waals surface area contributed by atoms with Crippen LogP contribution in [0.2, 0.25) is 0 Å². The number of aliphatic hydroxyl groups excluding tert-OH is 1. The van der Waals surface area contributed by atoms with Crippen LogP contribution in [0.15, 0.2) is 0 Å². The molecule has 0 bridgehead atoms. The summed E-state index contributed by atoms with van der Waals surface area (Å²) >= 11 is 0. The highest BCUT2D eigenvalue weighted by Crippen LogP contribution is 2.33. The van der Waals surface area contributed by atoms with Gasteiger partial charge < -0.3 is 15.6 Å². The SMILES string of the molecule is CC1CCCC(CN)(OC(C)C(C)O)CC1. The highest BCUT2D eigenvalue weighted by atomic mass is 16.5. The summed E-state index contributed by atoms with van der Waals surface area (Å²) in [6, 6.07) is 0. The Morgan fingerprint density at radius 2 is 2.06 bits per heavy atom. The molecule has 0 amide bonds. The van der Waals surface area contributed by atoms with E-state index in [-0.39, 0.29) is 11.7 Å². The van der Waals surface area contributed by atoms with Crippen LogP contribution >= 0.6 is 0 Å². The van der Waals surface area contributed by atoms with Crippen molar-refractivity contribution in [1.29, 1.82) is 0 Å². The Labute approximate surface area is 99.4 Å². The second kappa shape index (κ2) is 5.99. The van der Waals surface area contributed by atoms with Crippen LogP contribution in [0.3, 0.4) is 0 Å². The zero-order valence-electron chi connectivity index (χ0n) is 10.9. The summed E-state index contributed by atoms with van der Waals surface area (Å²) in [7, 11) is 0. The monoisotopic (exact) mass is 229 g/mol. The van der Waals surface area contributed by atoms with E-state index in [1.54, 1.807) is 6.92 Å². The van der Waals surface area contributed by atoms with Gasteiger partial charge in [-0.25, -0.2) is 0 Å². The zero-order chi connectivity index (χ0) is 12.2. The van der Waals surface area contributed by atoms with Gasteiger partial charge in [-0.15, -0.1) is 0 Å². The van der Waals surface area contributed by atoms with Gasteiger partial charge in [0.25, 0.3) is 0 Å². The second-order valence-corrected chi connectivity index (χ2v) is 5.49. The van der Waals surface area contributed by atoms with Crippen molar-refractivity contribution in [2.24, 2.45) is 11.7 Å². The maximum atomic E-state index is 9.52. The van der Waals surface area contributed by atoms with Crippen molar-refractivity contribution in [2.45, 2.75) is 70.7 Å². The predicted octanol–water partition coefficient (Wildman–Crippen LogP) is 2.07. The van der Waals surface area contributed by atoms with E-state index in [1.165, 1.54) is 19.3 Å². The summed E-state index contributed by atoms with van der Waals surface area (Å²) < 4.78 is 6.04. The van der Waals surface area contributed by atoms with E-state index in [4.69, 9.17) is 10.5 Å². The van der Waals surface area contributed by atoms with Gasteiger partial charge in [-0.05, 0) is 39.0 Å². The second-order valence-electron chi connectivity index (χ2n) is 5.49. The minimum absolute atomic E-state index is 0.128. The molecule has 1 fully saturated rings. The summed E-state index contributed by atoms with van der Waals surface area (Å²) in [6.07, 6.45) is 5.15. The van der Waals surface area contributed by atoms with E-state index in [0.29, 0.717) is 6.54 Å². The van der Waals surface area contributed by atoms with Crippen LogP contribution < -0.4 is 5.73 Å². The molecular formula is C13H27NO2. The fourth-order valence-electron chi connectivity index (χ4n) is 2.41. The van der Waals surface area contributed by atoms with E-state index >= 15 is 0 Å². The third kappa shape index (κ3) is 3.72. The molecule has 1 saturated carbocycles. The first-order valence-electron chi connectivity index (χ1n) is 6.55. The van der Waals surface area contributed by atoms with Crippen molar-refractivity contribution in [1.82, 2.24) is 0 Å². The molecule has 3 N–H and O–H groups in total. The molecule has 1 aliphatic carbocycles. The van der Waals surface area contributed by atoms with E-state index in [2.05, 4.69) is 6.92 Å². The van der Waals surface area contributed by atoms with Crippen LogP contribution in [0.4, 0.5) is 0 Å². The fraction of sp³-hybridized carbons (Fsp3) is 1.00. The van der Waals surface area contributed by atoms with Crippen molar-refractivity contribution in [2.75, 3.05) is 6.54 Å². The molecule has 96 valence electrons. The Bertz CT molecular complexity index is 208. The molecule has 0 aromatic rings. The first kappa shape index (κ1) is 13.9. The lowest BCUT2D eigenvalue weighted by Crippen LogP contribution is -2.45. The molecule has 0 heterocycles. The first-order valence-corrected chi connectivity index (χ1v) is 6.55. The molecule has 3 nitrogen and oxygen atoms in total. The number of nitrogens with two attached hydrogens (primary N) is 1. The summed E-state index contributed by atoms with van der Waals surface area (Å²) in [5.41, 5.74) is 5.70. The Kier molecular flexibility index (Phi) is 5.22. The molecule has 0 spiro atoms. The summed E-state index contributed by atoms with van der Waals surface area (Å²) in [5, 5.41) is 9.52. The van der Waals surface area contributed by atoms with Crippen LogP contribution in [0.1, 0.15) is 52.9 Å². The molecule has 3 heteroatoms. The topological polar surface area (TPSA) is 55.5 Å². The van der Waals surface area contributed by atoms with Gasteiger partial charge in [-0.1, -0.05) is 19.8 Å². The molecule has 0 saturated heterocycles. The molecule has 1 rings (SSSR count). The average molecular weight is 229 g/mol. The van der Waals surface area contributed by atoms with Gasteiger partial charge in [0.1, 0.15) is 0 Å². The molecule has 4 atom stereocenters. The Morgan fingerprint density at radius 3 is 2.62 bits per heavy atom. The molecule has 1 aliphatic rings. The van der Waals surface area contributed by atoms with Crippen LogP contribution in [0, 0.1) is 5.92 Å². The lowest BCUT2D eigenvalue weighted by molar-refractivity contribution is -0.125. The average Bonchev–Trinajstić information content (AvgIpc) is 2.42. The number of ether oxygens (including phenoxy) is 1. The van der Waals surface area contributed by atoms with E-state index < -0.39 is 6.10 Å². The summed E-state index contributed by atoms with van der Waals surface area (Å²) in [6.45, 7) is 6.56. The molecule has 16 heavy (non-hydrogen) atoms. The van der Waals surface area contributed by atoms with Crippen molar-refractivity contribution in [3.63, 3.8) is 0 Å². The van der Waals surface area contributed by atoms with Gasteiger partial charge in [-0.3, -0.25) is 0 Å². The van der Waals surface area contributed by atoms with Crippen molar-refractivity contribution < 1.29 is 9.84 Å². The fourth-order valence-corrected chi connectivity index (χ4v) is 2.41. The number of aliphatic hydroxyl groups is 1. The molecular weight excluding hydrogens is 202 g/mol. The molecule has 0 aliphatic heterocycles. The largest absolute Gasteiger partial charge is 0.391 e. The Hall–Kier alpha value is -0.120. The van der Waals surface area contributed by atoms with E-state index in [1.807, 2.05) is 6.92 Å². The van der Waals surface area contributed by atoms with Crippen molar-refractivity contribution in [3.05, 3.63) is 0 Å². The quantitative estimate of drug-likeness (QED) is 0.726. The van der Waals surface area contributed by atoms with Gasteiger partial charge in [0.2, 0.25) is 0 Å². The zero-order valence-corrected chi connectivity index (χ0v) is 10.9. The van der Waals surface area contributed by atoms with Crippen LogP contribution in [-0.2, 0) is 4.74 Å². The van der Waals surface area contributed by atoms with E-state index in [0.717, 1.165) is 18.8 Å². The third-order valence-corrected chi connectivity index (χ3v) is 3.91. The van der Waals surface area contributed by atoms with Crippen molar-refractivity contribution >= 4 is 0 Å². The van der Waals surface area contributed by atoms with Crippen LogP contribution in [-0.4, -0.2) is 29.5 Å². The lowest BCUT2D eigenvalue weighted by Gasteiger charge is -2.35. The number of rotatable bonds is 4. The van der Waals surface area contributed by atoms with Gasteiger partial charge in [0, 0.05) is 6.54 Å². The van der Waals surface area contributed by atoms with Gasteiger partial charge in [0.15, 0.2) is 0 Å². The van der Waals surface area contributed by atoms with Gasteiger partial charge in [-0.2, -0.15) is 0 Å². The molecule has 0 aromatic carbocycles. The first-order chi connectivity index (χ1) is 7.49. The highest BCUT2D eigenvalue weighted by Gasteiger charge is 2.34. The van der Waals surface area contributed by atoms with E-state index in [9.17, 15) is 5.11 Å². The minimum atomic E-state index is -0.427. The molecule has 0 radical (unpaired) electrons. The minimum Gasteiger partial charge on any atom is -0.391 e. The van der Waals surface area contributed by atoms with Crippen LogP contribution in [0.25, 0.3) is 0 Å². The van der Waals surface area contributed by atoms with Gasteiger partial charge in [0.05, 0.1) is 17.8 Å².